The van der Waals surface area contributed by atoms with E-state index in [4.69, 9.17) is 16.7 Å². The first-order chi connectivity index (χ1) is 10.4. The first kappa shape index (κ1) is 16.3. The number of aromatic carboxylic acids is 1. The highest BCUT2D eigenvalue weighted by molar-refractivity contribution is 7.93. The van der Waals surface area contributed by atoms with Gasteiger partial charge in [-0.1, -0.05) is 23.7 Å². The number of halogens is 1. The molecule has 0 radical (unpaired) electrons. The van der Waals surface area contributed by atoms with Gasteiger partial charge in [0.05, 0.1) is 10.7 Å². The molecule has 2 rings (SSSR count). The standard InChI is InChI=1S/C14H13ClN2O4S/c1-2-17(10-7-8-16-12(9-10)14(18)19)22(20,21)13-6-4-3-5-11(13)15/h3-9H,2H2,1H3,(H,18,19). The fourth-order valence-electron chi connectivity index (χ4n) is 1.96. The second-order valence-corrected chi connectivity index (χ2v) is 6.54. The van der Waals surface area contributed by atoms with E-state index in [9.17, 15) is 13.2 Å². The molecule has 6 nitrogen and oxygen atoms in total. The van der Waals surface area contributed by atoms with Crippen LogP contribution in [0, 0.1) is 0 Å². The van der Waals surface area contributed by atoms with Gasteiger partial charge in [0.15, 0.2) is 0 Å². The zero-order chi connectivity index (χ0) is 16.3. The Morgan fingerprint density at radius 1 is 1.32 bits per heavy atom. The van der Waals surface area contributed by atoms with Gasteiger partial charge in [0, 0.05) is 12.7 Å². The van der Waals surface area contributed by atoms with Gasteiger partial charge in [0.2, 0.25) is 0 Å². The second-order valence-electron chi connectivity index (χ2n) is 4.30. The molecule has 0 saturated carbocycles. The molecule has 1 heterocycles. The van der Waals surface area contributed by atoms with Crippen molar-refractivity contribution in [3.05, 3.63) is 53.3 Å². The van der Waals surface area contributed by atoms with Gasteiger partial charge < -0.3 is 5.11 Å². The SMILES string of the molecule is CCN(c1ccnc(C(=O)O)c1)S(=O)(=O)c1ccccc1Cl. The first-order valence-corrected chi connectivity index (χ1v) is 8.16. The van der Waals surface area contributed by atoms with Crippen LogP contribution in [0.25, 0.3) is 0 Å². The Kier molecular flexibility index (Phi) is 4.68. The van der Waals surface area contributed by atoms with Gasteiger partial charge in [-0.05, 0) is 31.2 Å². The van der Waals surface area contributed by atoms with Gasteiger partial charge >= 0.3 is 5.97 Å². The predicted octanol–water partition coefficient (Wildman–Crippen LogP) is 2.65. The van der Waals surface area contributed by atoms with E-state index in [1.54, 1.807) is 19.1 Å². The topological polar surface area (TPSA) is 87.6 Å². The number of sulfonamides is 1. The lowest BCUT2D eigenvalue weighted by molar-refractivity contribution is 0.0690. The molecule has 0 aliphatic heterocycles. The van der Waals surface area contributed by atoms with Gasteiger partial charge in [-0.15, -0.1) is 0 Å². The summed E-state index contributed by atoms with van der Waals surface area (Å²) in [5.74, 6) is -1.23. The number of benzene rings is 1. The fraction of sp³-hybridized carbons (Fsp3) is 0.143. The molecule has 0 atom stereocenters. The Labute approximate surface area is 133 Å². The minimum absolute atomic E-state index is 0.0350. The van der Waals surface area contributed by atoms with E-state index in [1.807, 2.05) is 0 Å². The summed E-state index contributed by atoms with van der Waals surface area (Å²) in [5.41, 5.74) is -0.0138. The van der Waals surface area contributed by atoms with Crippen LogP contribution in [0.15, 0.2) is 47.5 Å². The smallest absolute Gasteiger partial charge is 0.354 e. The number of carboxylic acid groups (broad SMARTS) is 1. The zero-order valence-electron chi connectivity index (χ0n) is 11.6. The van der Waals surface area contributed by atoms with Crippen molar-refractivity contribution in [2.75, 3.05) is 10.8 Å². The van der Waals surface area contributed by atoms with Crippen molar-refractivity contribution in [3.63, 3.8) is 0 Å². The minimum Gasteiger partial charge on any atom is -0.477 e. The Balaban J connectivity index is 2.55. The molecule has 8 heteroatoms. The molecule has 0 aliphatic carbocycles. The Morgan fingerprint density at radius 3 is 2.59 bits per heavy atom. The molecule has 1 aromatic heterocycles. The number of hydrogen-bond donors (Lipinski definition) is 1. The Morgan fingerprint density at radius 2 is 2.00 bits per heavy atom. The lowest BCUT2D eigenvalue weighted by atomic mass is 10.3. The molecular weight excluding hydrogens is 328 g/mol. The van der Waals surface area contributed by atoms with E-state index in [0.717, 1.165) is 4.31 Å². The van der Waals surface area contributed by atoms with E-state index in [-0.39, 0.29) is 27.8 Å². The van der Waals surface area contributed by atoms with Crippen LogP contribution in [-0.2, 0) is 10.0 Å². The van der Waals surface area contributed by atoms with E-state index in [2.05, 4.69) is 4.98 Å². The Bertz CT molecular complexity index is 808. The third-order valence-corrected chi connectivity index (χ3v) is 5.35. The molecule has 0 spiro atoms. The summed E-state index contributed by atoms with van der Waals surface area (Å²) in [6.45, 7) is 1.77. The summed E-state index contributed by atoms with van der Waals surface area (Å²) in [5, 5.41) is 9.08. The molecule has 2 aromatic rings. The molecule has 1 N–H and O–H groups in total. The van der Waals surface area contributed by atoms with Crippen LogP contribution >= 0.6 is 11.6 Å². The number of aromatic nitrogens is 1. The predicted molar refractivity (Wildman–Crippen MR) is 82.9 cm³/mol. The van der Waals surface area contributed by atoms with Crippen LogP contribution in [0.3, 0.4) is 0 Å². The fourth-order valence-corrected chi connectivity index (χ4v) is 3.92. The monoisotopic (exact) mass is 340 g/mol. The molecule has 0 fully saturated rings. The lowest BCUT2D eigenvalue weighted by Gasteiger charge is -2.23. The summed E-state index contributed by atoms with van der Waals surface area (Å²) in [4.78, 5) is 14.6. The van der Waals surface area contributed by atoms with E-state index >= 15 is 0 Å². The quantitative estimate of drug-likeness (QED) is 0.904. The van der Waals surface area contributed by atoms with Crippen molar-refractivity contribution in [2.24, 2.45) is 0 Å². The van der Waals surface area contributed by atoms with Crippen molar-refractivity contribution in [1.29, 1.82) is 0 Å². The summed E-state index contributed by atoms with van der Waals surface area (Å²) < 4.78 is 26.6. The van der Waals surface area contributed by atoms with Crippen molar-refractivity contribution in [3.8, 4) is 0 Å². The van der Waals surface area contributed by atoms with Crippen LogP contribution < -0.4 is 4.31 Å². The third kappa shape index (κ3) is 3.05. The van der Waals surface area contributed by atoms with E-state index in [1.165, 1.54) is 30.5 Å². The second kappa shape index (κ2) is 6.33. The number of anilines is 1. The zero-order valence-corrected chi connectivity index (χ0v) is 13.2. The number of hydrogen-bond acceptors (Lipinski definition) is 4. The van der Waals surface area contributed by atoms with Crippen LogP contribution in [0.2, 0.25) is 5.02 Å². The van der Waals surface area contributed by atoms with Crippen LogP contribution in [0.4, 0.5) is 5.69 Å². The van der Waals surface area contributed by atoms with Crippen molar-refractivity contribution in [1.82, 2.24) is 4.98 Å². The number of nitrogens with zero attached hydrogens (tertiary/aromatic N) is 2. The van der Waals surface area contributed by atoms with E-state index in [0.29, 0.717) is 0 Å². The average Bonchev–Trinajstić information content (AvgIpc) is 2.48. The summed E-state index contributed by atoms with van der Waals surface area (Å²) >= 11 is 5.97. The summed E-state index contributed by atoms with van der Waals surface area (Å²) in [6, 6.07) is 8.73. The van der Waals surface area contributed by atoms with Gasteiger partial charge in [0.1, 0.15) is 10.6 Å². The molecule has 0 saturated heterocycles. The molecule has 116 valence electrons. The number of carboxylic acids is 1. The molecular formula is C14H13ClN2O4S. The number of carbonyl (C=O) groups is 1. The largest absolute Gasteiger partial charge is 0.477 e. The minimum atomic E-state index is -3.90. The van der Waals surface area contributed by atoms with Gasteiger partial charge in [0.25, 0.3) is 10.0 Å². The van der Waals surface area contributed by atoms with Crippen molar-refractivity contribution < 1.29 is 18.3 Å². The van der Waals surface area contributed by atoms with E-state index < -0.39 is 16.0 Å². The maximum Gasteiger partial charge on any atom is 0.354 e. The highest BCUT2D eigenvalue weighted by atomic mass is 35.5. The normalized spacial score (nSPS) is 11.2. The number of rotatable bonds is 5. The molecule has 22 heavy (non-hydrogen) atoms. The molecule has 0 amide bonds. The summed E-state index contributed by atoms with van der Waals surface area (Å²) in [7, 11) is -3.90. The number of pyridine rings is 1. The third-order valence-electron chi connectivity index (χ3n) is 2.94. The first-order valence-electron chi connectivity index (χ1n) is 6.34. The lowest BCUT2D eigenvalue weighted by Crippen LogP contribution is -2.31. The van der Waals surface area contributed by atoms with Crippen molar-refractivity contribution >= 4 is 33.3 Å². The van der Waals surface area contributed by atoms with Crippen LogP contribution in [-0.4, -0.2) is 31.0 Å². The van der Waals surface area contributed by atoms with Crippen LogP contribution in [0.1, 0.15) is 17.4 Å². The van der Waals surface area contributed by atoms with Gasteiger partial charge in [-0.3, -0.25) is 4.31 Å². The van der Waals surface area contributed by atoms with Gasteiger partial charge in [-0.2, -0.15) is 0 Å². The maximum absolute atomic E-state index is 12.7. The highest BCUT2D eigenvalue weighted by Crippen LogP contribution is 2.28. The molecule has 1 aromatic carbocycles. The molecule has 0 unspecified atom stereocenters. The van der Waals surface area contributed by atoms with Gasteiger partial charge in [-0.25, -0.2) is 18.2 Å². The summed E-state index contributed by atoms with van der Waals surface area (Å²) in [6.07, 6.45) is 1.25. The highest BCUT2D eigenvalue weighted by Gasteiger charge is 2.26. The Hall–Kier alpha value is -2.12. The average molecular weight is 341 g/mol. The van der Waals surface area contributed by atoms with Crippen molar-refractivity contribution in [2.45, 2.75) is 11.8 Å². The van der Waals surface area contributed by atoms with Crippen LogP contribution in [0.5, 0.6) is 0 Å². The molecule has 0 aliphatic rings. The molecule has 0 bridgehead atoms. The maximum atomic E-state index is 12.7.